The Labute approximate surface area is 54.9 Å². The molecule has 0 aliphatic heterocycles. The molecule has 0 radical (unpaired) electrons. The predicted molar refractivity (Wildman–Crippen MR) is 27.9 cm³/mol. The number of amides is 2. The first-order valence-electron chi connectivity index (χ1n) is 2.01. The standard InChI is InChI=1S/C2H2N6O2/c3-7-5-1(9)2(10)6-8-4/h(H2-2,3,4,5,6,9,10)/q-2. The molecule has 8 nitrogen and oxygen atoms in total. The van der Waals surface area contributed by atoms with E-state index >= 15 is 0 Å². The molecule has 2 amide bonds. The minimum absolute atomic E-state index is 1.24. The van der Waals surface area contributed by atoms with E-state index in [0.29, 0.717) is 0 Å². The van der Waals surface area contributed by atoms with E-state index < -0.39 is 11.8 Å². The maximum absolute atomic E-state index is 10.2. The summed E-state index contributed by atoms with van der Waals surface area (Å²) < 4.78 is 0. The molecular formula is C2H2N6O2-2. The number of nitrogens with one attached hydrogen (secondary N) is 2. The van der Waals surface area contributed by atoms with Crippen LogP contribution in [0.15, 0.2) is 10.4 Å². The Kier molecular flexibility index (Phi) is 3.31. The van der Waals surface area contributed by atoms with Gasteiger partial charge < -0.3 is 21.9 Å². The molecule has 0 aliphatic rings. The molecule has 0 bridgehead atoms. The van der Waals surface area contributed by atoms with Gasteiger partial charge in [0.05, 0.1) is 0 Å². The second kappa shape index (κ2) is 4.06. The molecule has 0 aromatic rings. The monoisotopic (exact) mass is 142 g/mol. The number of hydrogen-bond acceptors (Lipinski definition) is 4. The molecule has 54 valence electrons. The number of hydrogen-bond donors (Lipinski definition) is 2. The summed E-state index contributed by atoms with van der Waals surface area (Å²) in [7, 11) is 0. The Morgan fingerprint density at radius 1 is 1.00 bits per heavy atom. The highest BCUT2D eigenvalue weighted by Crippen LogP contribution is 1.67. The van der Waals surface area contributed by atoms with Crippen molar-refractivity contribution in [3.8, 4) is 0 Å². The molecule has 0 unspecified atom stereocenters. The highest BCUT2D eigenvalue weighted by molar-refractivity contribution is 6.34. The van der Waals surface area contributed by atoms with Crippen molar-refractivity contribution in [2.24, 2.45) is 10.4 Å². The van der Waals surface area contributed by atoms with Crippen LogP contribution in [0.3, 0.4) is 0 Å². The molecule has 0 spiro atoms. The maximum Gasteiger partial charge on any atom is 0.226 e. The molecule has 0 aliphatic carbocycles. The number of carbonyl (C=O) groups is 2. The van der Waals surface area contributed by atoms with Crippen LogP contribution in [0.5, 0.6) is 0 Å². The van der Waals surface area contributed by atoms with E-state index in [0.717, 1.165) is 0 Å². The van der Waals surface area contributed by atoms with Gasteiger partial charge >= 0.3 is 0 Å². The third-order valence-corrected chi connectivity index (χ3v) is 0.509. The van der Waals surface area contributed by atoms with Gasteiger partial charge in [-0.05, 0) is 0 Å². The third kappa shape index (κ3) is 2.45. The summed E-state index contributed by atoms with van der Waals surface area (Å²) >= 11 is 0. The fourth-order valence-corrected chi connectivity index (χ4v) is 0.192. The molecule has 0 heterocycles. The Bertz CT molecular complexity index is 155. The SMILES string of the molecule is [N-]=NNC(=O)C(=O)NN=[N-]. The van der Waals surface area contributed by atoms with E-state index in [4.69, 9.17) is 11.1 Å². The van der Waals surface area contributed by atoms with Gasteiger partial charge in [-0.1, -0.05) is 0 Å². The normalized spacial score (nSPS) is 7.60. The van der Waals surface area contributed by atoms with E-state index in [1.807, 2.05) is 0 Å². The number of carbonyl (C=O) groups excluding carboxylic acids is 2. The first-order chi connectivity index (χ1) is 4.72. The topological polar surface area (TPSA) is 128 Å². The largest absolute Gasteiger partial charge is 0.362 e. The lowest BCUT2D eigenvalue weighted by molar-refractivity contribution is -0.139. The van der Waals surface area contributed by atoms with Gasteiger partial charge in [0.2, 0.25) is 11.8 Å². The van der Waals surface area contributed by atoms with Crippen LogP contribution in [-0.4, -0.2) is 11.8 Å². The van der Waals surface area contributed by atoms with Crippen molar-refractivity contribution < 1.29 is 9.59 Å². The molecule has 0 saturated heterocycles. The molecule has 0 saturated carbocycles. The average molecular weight is 142 g/mol. The first-order valence-corrected chi connectivity index (χ1v) is 2.01. The molecule has 2 N–H and O–H groups in total. The minimum Gasteiger partial charge on any atom is -0.362 e. The van der Waals surface area contributed by atoms with Crippen LogP contribution in [0.4, 0.5) is 0 Å². The smallest absolute Gasteiger partial charge is 0.226 e. The van der Waals surface area contributed by atoms with E-state index in [1.54, 1.807) is 0 Å². The van der Waals surface area contributed by atoms with Crippen LogP contribution < -0.4 is 10.9 Å². The highest BCUT2D eigenvalue weighted by atomic mass is 16.2. The molecule has 0 rings (SSSR count). The Morgan fingerprint density at radius 3 is 1.50 bits per heavy atom. The van der Waals surface area contributed by atoms with Crippen molar-refractivity contribution in [3.63, 3.8) is 0 Å². The lowest BCUT2D eigenvalue weighted by atomic mass is 10.6. The summed E-state index contributed by atoms with van der Waals surface area (Å²) in [5.41, 5.74) is 18.1. The quantitative estimate of drug-likeness (QED) is 0.294. The molecule has 0 aromatic carbocycles. The molecule has 0 aromatic heterocycles. The fraction of sp³-hybridized carbons (Fsp3) is 0. The Balaban J connectivity index is 3.81. The molecule has 0 fully saturated rings. The van der Waals surface area contributed by atoms with Gasteiger partial charge in [0.25, 0.3) is 0 Å². The first kappa shape index (κ1) is 8.14. The predicted octanol–water partition coefficient (Wildman–Crippen LogP) is -0.908. The summed E-state index contributed by atoms with van der Waals surface area (Å²) in [6.45, 7) is 0. The lowest BCUT2D eigenvalue weighted by Crippen LogP contribution is -2.34. The van der Waals surface area contributed by atoms with E-state index in [1.165, 1.54) is 10.9 Å². The molecule has 0 atom stereocenters. The zero-order chi connectivity index (χ0) is 7.98. The van der Waals surface area contributed by atoms with Crippen molar-refractivity contribution in [2.45, 2.75) is 0 Å². The zero-order valence-corrected chi connectivity index (χ0v) is 4.61. The molecule has 8 heteroatoms. The van der Waals surface area contributed by atoms with Gasteiger partial charge in [-0.25, -0.2) is 0 Å². The summed E-state index contributed by atoms with van der Waals surface area (Å²) in [4.78, 5) is 20.4. The van der Waals surface area contributed by atoms with Crippen molar-refractivity contribution in [1.29, 1.82) is 0 Å². The average Bonchev–Trinajstić information content (AvgIpc) is 1.89. The molecular weight excluding hydrogens is 140 g/mol. The van der Waals surface area contributed by atoms with Crippen LogP contribution in [0.2, 0.25) is 0 Å². The second-order valence-corrected chi connectivity index (χ2v) is 1.08. The zero-order valence-electron chi connectivity index (χ0n) is 4.61. The molecule has 10 heavy (non-hydrogen) atoms. The summed E-state index contributed by atoms with van der Waals surface area (Å²) in [5.74, 6) is -2.47. The van der Waals surface area contributed by atoms with Gasteiger partial charge in [0.15, 0.2) is 0 Å². The van der Waals surface area contributed by atoms with Gasteiger partial charge in [-0.15, -0.1) is 0 Å². The van der Waals surface area contributed by atoms with Crippen LogP contribution >= 0.6 is 0 Å². The van der Waals surface area contributed by atoms with Gasteiger partial charge in [0, 0.05) is 0 Å². The van der Waals surface area contributed by atoms with Crippen molar-refractivity contribution in [1.82, 2.24) is 10.9 Å². The summed E-state index contributed by atoms with van der Waals surface area (Å²) in [6, 6.07) is 0. The van der Waals surface area contributed by atoms with Gasteiger partial charge in [-0.3, -0.25) is 20.0 Å². The van der Waals surface area contributed by atoms with Gasteiger partial charge in [0.1, 0.15) is 0 Å². The highest BCUT2D eigenvalue weighted by Gasteiger charge is 1.99. The van der Waals surface area contributed by atoms with Crippen LogP contribution in [0.1, 0.15) is 0 Å². The minimum atomic E-state index is -1.24. The number of nitrogens with zero attached hydrogens (tertiary/aromatic N) is 4. The fourth-order valence-electron chi connectivity index (χ4n) is 0.192. The van der Waals surface area contributed by atoms with E-state index in [2.05, 4.69) is 10.4 Å². The van der Waals surface area contributed by atoms with Crippen LogP contribution in [0.25, 0.3) is 11.1 Å². The van der Waals surface area contributed by atoms with E-state index in [-0.39, 0.29) is 0 Å². The second-order valence-electron chi connectivity index (χ2n) is 1.08. The van der Waals surface area contributed by atoms with Gasteiger partial charge in [-0.2, -0.15) is 0 Å². The van der Waals surface area contributed by atoms with Crippen molar-refractivity contribution in [2.75, 3.05) is 0 Å². The van der Waals surface area contributed by atoms with Crippen LogP contribution in [0, 0.1) is 0 Å². The summed E-state index contributed by atoms with van der Waals surface area (Å²) in [5, 5.41) is 4.31. The van der Waals surface area contributed by atoms with Crippen molar-refractivity contribution >= 4 is 11.8 Å². The Hall–Kier alpha value is -1.86. The van der Waals surface area contributed by atoms with Crippen molar-refractivity contribution in [3.05, 3.63) is 11.1 Å². The van der Waals surface area contributed by atoms with E-state index in [9.17, 15) is 9.59 Å². The Morgan fingerprint density at radius 2 is 1.30 bits per heavy atom. The lowest BCUT2D eigenvalue weighted by Gasteiger charge is -2.04. The number of rotatable bonds is 2. The summed E-state index contributed by atoms with van der Waals surface area (Å²) in [6.07, 6.45) is 0. The third-order valence-electron chi connectivity index (χ3n) is 0.509. The maximum atomic E-state index is 10.2. The van der Waals surface area contributed by atoms with Crippen LogP contribution in [-0.2, 0) is 9.59 Å².